The van der Waals surface area contributed by atoms with Crippen LogP contribution in [0.2, 0.25) is 0 Å². The molecular weight excluding hydrogens is 318 g/mol. The van der Waals surface area contributed by atoms with Crippen molar-refractivity contribution in [2.24, 2.45) is 0 Å². The van der Waals surface area contributed by atoms with Gasteiger partial charge in [-0.1, -0.05) is 0 Å². The predicted octanol–water partition coefficient (Wildman–Crippen LogP) is 3.04. The number of hydrogen-bond acceptors (Lipinski definition) is 4. The van der Waals surface area contributed by atoms with Crippen LogP contribution >= 0.6 is 0 Å². The van der Waals surface area contributed by atoms with E-state index in [1.807, 2.05) is 51.2 Å². The first-order valence-electron chi connectivity index (χ1n) is 8.09. The van der Waals surface area contributed by atoms with Crippen LogP contribution in [0.25, 0.3) is 5.82 Å². The third-order valence-electron chi connectivity index (χ3n) is 3.90. The van der Waals surface area contributed by atoms with Crippen LogP contribution in [-0.2, 0) is 6.54 Å². The number of nitrogens with zero attached hydrogens (tertiary/aromatic N) is 3. The summed E-state index contributed by atoms with van der Waals surface area (Å²) in [5.41, 5.74) is 1.93. The highest BCUT2D eigenvalue weighted by Gasteiger charge is 2.14. The molecule has 130 valence electrons. The topological polar surface area (TPSA) is 85.0 Å². The van der Waals surface area contributed by atoms with Crippen molar-refractivity contribution in [3.8, 4) is 5.82 Å². The summed E-state index contributed by atoms with van der Waals surface area (Å²) in [7, 11) is 0. The summed E-state index contributed by atoms with van der Waals surface area (Å²) in [6, 6.07) is 7.17. The third kappa shape index (κ3) is 4.06. The summed E-state index contributed by atoms with van der Waals surface area (Å²) in [5.74, 6) is 2.37. The minimum absolute atomic E-state index is 0.130. The van der Waals surface area contributed by atoms with Crippen LogP contribution in [0.3, 0.4) is 0 Å². The van der Waals surface area contributed by atoms with E-state index in [2.05, 4.69) is 20.7 Å². The number of rotatable bonds is 5. The average Bonchev–Trinajstić information content (AvgIpc) is 3.23. The van der Waals surface area contributed by atoms with Gasteiger partial charge in [-0.3, -0.25) is 0 Å². The summed E-state index contributed by atoms with van der Waals surface area (Å²) in [4.78, 5) is 16.4. The van der Waals surface area contributed by atoms with Crippen LogP contribution in [-0.4, -0.2) is 20.8 Å². The first kappa shape index (κ1) is 16.8. The molecule has 25 heavy (non-hydrogen) atoms. The zero-order valence-corrected chi connectivity index (χ0v) is 14.5. The van der Waals surface area contributed by atoms with Crippen LogP contribution in [0.4, 0.5) is 4.79 Å². The molecule has 0 saturated carbocycles. The van der Waals surface area contributed by atoms with E-state index in [9.17, 15) is 4.79 Å². The van der Waals surface area contributed by atoms with Gasteiger partial charge in [-0.15, -0.1) is 0 Å². The Morgan fingerprint density at radius 2 is 2.16 bits per heavy atom. The minimum atomic E-state index is -0.233. The van der Waals surface area contributed by atoms with Gasteiger partial charge in [0.1, 0.15) is 11.5 Å². The molecule has 7 nitrogen and oxygen atoms in total. The Balaban J connectivity index is 1.57. The second kappa shape index (κ2) is 7.21. The number of furan rings is 1. The van der Waals surface area contributed by atoms with Crippen molar-refractivity contribution in [2.45, 2.75) is 33.4 Å². The second-order valence-electron chi connectivity index (χ2n) is 5.89. The zero-order chi connectivity index (χ0) is 17.8. The minimum Gasteiger partial charge on any atom is -0.466 e. The Labute approximate surface area is 146 Å². The smallest absolute Gasteiger partial charge is 0.315 e. The molecule has 0 aliphatic carbocycles. The van der Waals surface area contributed by atoms with E-state index in [-0.39, 0.29) is 12.1 Å². The normalized spacial score (nSPS) is 12.0. The number of aryl methyl sites for hydroxylation is 2. The van der Waals surface area contributed by atoms with Gasteiger partial charge >= 0.3 is 6.03 Å². The first-order chi connectivity index (χ1) is 12.0. The molecule has 0 bridgehead atoms. The largest absolute Gasteiger partial charge is 0.466 e. The number of hydrogen-bond donors (Lipinski definition) is 2. The first-order valence-corrected chi connectivity index (χ1v) is 8.09. The van der Waals surface area contributed by atoms with Crippen LogP contribution in [0.5, 0.6) is 0 Å². The highest BCUT2D eigenvalue weighted by atomic mass is 16.3. The summed E-state index contributed by atoms with van der Waals surface area (Å²) < 4.78 is 7.18. The van der Waals surface area contributed by atoms with E-state index < -0.39 is 0 Å². The fourth-order valence-corrected chi connectivity index (χ4v) is 2.69. The molecule has 3 rings (SSSR count). The Kier molecular flexibility index (Phi) is 4.83. The van der Waals surface area contributed by atoms with Crippen LogP contribution < -0.4 is 10.6 Å². The molecule has 0 spiro atoms. The Bertz CT molecular complexity index is 854. The van der Waals surface area contributed by atoms with Gasteiger partial charge in [0.15, 0.2) is 5.82 Å². The van der Waals surface area contributed by atoms with Crippen molar-refractivity contribution in [3.05, 3.63) is 65.5 Å². The molecule has 7 heteroatoms. The lowest BCUT2D eigenvalue weighted by Gasteiger charge is -2.14. The quantitative estimate of drug-likeness (QED) is 0.748. The highest BCUT2D eigenvalue weighted by Crippen LogP contribution is 2.20. The number of carbonyl (C=O) groups is 1. The molecule has 1 atom stereocenters. The zero-order valence-electron chi connectivity index (χ0n) is 14.5. The fourth-order valence-electron chi connectivity index (χ4n) is 2.69. The Hall–Kier alpha value is -3.09. The van der Waals surface area contributed by atoms with E-state index in [1.54, 1.807) is 17.1 Å². The molecular formula is C18H21N5O2. The number of amides is 2. The Morgan fingerprint density at radius 3 is 2.84 bits per heavy atom. The van der Waals surface area contributed by atoms with Crippen molar-refractivity contribution in [1.29, 1.82) is 0 Å². The van der Waals surface area contributed by atoms with E-state index in [0.717, 1.165) is 22.6 Å². The van der Waals surface area contributed by atoms with Gasteiger partial charge < -0.3 is 15.1 Å². The number of aromatic nitrogens is 3. The SMILES string of the molecule is Cc1cc(C(C)NC(=O)NCc2ccnc(-n3cccn3)c2)c(C)o1. The third-order valence-corrected chi connectivity index (χ3v) is 3.90. The van der Waals surface area contributed by atoms with Gasteiger partial charge in [-0.05, 0) is 50.6 Å². The van der Waals surface area contributed by atoms with E-state index >= 15 is 0 Å². The number of urea groups is 1. The lowest BCUT2D eigenvalue weighted by atomic mass is 10.1. The monoisotopic (exact) mass is 339 g/mol. The molecule has 2 amide bonds. The van der Waals surface area contributed by atoms with Gasteiger partial charge in [0.2, 0.25) is 0 Å². The van der Waals surface area contributed by atoms with Gasteiger partial charge in [0.25, 0.3) is 0 Å². The van der Waals surface area contributed by atoms with Crippen molar-refractivity contribution in [2.75, 3.05) is 0 Å². The molecule has 0 aromatic carbocycles. The number of pyridine rings is 1. The molecule has 1 unspecified atom stereocenters. The maximum atomic E-state index is 12.1. The molecule has 0 saturated heterocycles. The van der Waals surface area contributed by atoms with Crippen LogP contribution in [0.15, 0.2) is 47.3 Å². The molecule has 3 heterocycles. The van der Waals surface area contributed by atoms with Crippen LogP contribution in [0.1, 0.15) is 35.6 Å². The summed E-state index contributed by atoms with van der Waals surface area (Å²) in [6.45, 7) is 6.12. The fraction of sp³-hybridized carbons (Fsp3) is 0.278. The number of nitrogens with one attached hydrogen (secondary N) is 2. The summed E-state index contributed by atoms with van der Waals surface area (Å²) in [5, 5.41) is 9.93. The molecule has 0 aliphatic rings. The van der Waals surface area contributed by atoms with E-state index in [4.69, 9.17) is 4.42 Å². The summed E-state index contributed by atoms with van der Waals surface area (Å²) >= 11 is 0. The van der Waals surface area contributed by atoms with E-state index in [0.29, 0.717) is 12.4 Å². The average molecular weight is 339 g/mol. The standard InChI is InChI=1S/C18H21N5O2/c1-12-9-16(14(3)25-12)13(2)22-18(24)20-11-15-5-7-19-17(10-15)23-8-4-6-21-23/h4-10,13H,11H2,1-3H3,(H2,20,22,24). The second-order valence-corrected chi connectivity index (χ2v) is 5.89. The van der Waals surface area contributed by atoms with Gasteiger partial charge in [0, 0.05) is 30.7 Å². The highest BCUT2D eigenvalue weighted by molar-refractivity contribution is 5.74. The maximum absolute atomic E-state index is 12.1. The van der Waals surface area contributed by atoms with Gasteiger partial charge in [-0.25, -0.2) is 14.5 Å². The van der Waals surface area contributed by atoms with Gasteiger partial charge in [-0.2, -0.15) is 5.10 Å². The number of carbonyl (C=O) groups excluding carboxylic acids is 1. The van der Waals surface area contributed by atoms with Crippen molar-refractivity contribution in [1.82, 2.24) is 25.4 Å². The molecule has 3 aromatic heterocycles. The van der Waals surface area contributed by atoms with Crippen molar-refractivity contribution in [3.63, 3.8) is 0 Å². The maximum Gasteiger partial charge on any atom is 0.315 e. The van der Waals surface area contributed by atoms with E-state index in [1.165, 1.54) is 0 Å². The lowest BCUT2D eigenvalue weighted by Crippen LogP contribution is -2.36. The molecule has 0 aliphatic heterocycles. The van der Waals surface area contributed by atoms with Gasteiger partial charge in [0.05, 0.1) is 6.04 Å². The Morgan fingerprint density at radius 1 is 1.32 bits per heavy atom. The van der Waals surface area contributed by atoms with Crippen LogP contribution in [0, 0.1) is 13.8 Å². The molecule has 0 fully saturated rings. The van der Waals surface area contributed by atoms with Crippen molar-refractivity contribution >= 4 is 6.03 Å². The van der Waals surface area contributed by atoms with Crippen molar-refractivity contribution < 1.29 is 9.21 Å². The summed E-state index contributed by atoms with van der Waals surface area (Å²) in [6.07, 6.45) is 5.22. The predicted molar refractivity (Wildman–Crippen MR) is 93.3 cm³/mol. The molecule has 3 aromatic rings. The lowest BCUT2D eigenvalue weighted by molar-refractivity contribution is 0.237. The molecule has 0 radical (unpaired) electrons. The molecule has 2 N–H and O–H groups in total.